The lowest BCUT2D eigenvalue weighted by Gasteiger charge is -2.23. The third-order valence-corrected chi connectivity index (χ3v) is 3.55. The van der Waals surface area contributed by atoms with Gasteiger partial charge >= 0.3 is 0 Å². The molecule has 0 spiro atoms. The van der Waals surface area contributed by atoms with Gasteiger partial charge in [0, 0.05) is 5.56 Å². The van der Waals surface area contributed by atoms with E-state index in [0.29, 0.717) is 5.92 Å². The number of hydrogen-bond acceptors (Lipinski definition) is 2. The Kier molecular flexibility index (Phi) is 2.62. The van der Waals surface area contributed by atoms with Crippen LogP contribution in [0.3, 0.4) is 0 Å². The number of carbonyl (C=O) groups excluding carboxylic acids is 1. The molecule has 86 valence electrons. The lowest BCUT2D eigenvalue weighted by molar-refractivity contribution is 0.0882. The van der Waals surface area contributed by atoms with E-state index in [1.807, 2.05) is 39.0 Å². The van der Waals surface area contributed by atoms with Gasteiger partial charge in [-0.3, -0.25) is 4.79 Å². The van der Waals surface area contributed by atoms with Gasteiger partial charge in [0.05, 0.1) is 5.54 Å². The molecule has 0 saturated heterocycles. The van der Waals surface area contributed by atoms with Crippen molar-refractivity contribution in [2.75, 3.05) is 0 Å². The van der Waals surface area contributed by atoms with Gasteiger partial charge in [0.1, 0.15) is 0 Å². The number of ketones is 1. The molecule has 1 aliphatic rings. The van der Waals surface area contributed by atoms with E-state index in [1.54, 1.807) is 0 Å². The molecule has 0 heterocycles. The van der Waals surface area contributed by atoms with Gasteiger partial charge in [0.15, 0.2) is 5.78 Å². The summed E-state index contributed by atoms with van der Waals surface area (Å²) in [4.78, 5) is 12.4. The number of aryl methyl sites for hydroxylation is 2. The summed E-state index contributed by atoms with van der Waals surface area (Å²) in [7, 11) is 0. The van der Waals surface area contributed by atoms with Gasteiger partial charge in [-0.1, -0.05) is 17.7 Å². The molecule has 1 saturated carbocycles. The zero-order chi connectivity index (χ0) is 11.9. The van der Waals surface area contributed by atoms with Crippen LogP contribution in [0.1, 0.15) is 41.3 Å². The van der Waals surface area contributed by atoms with E-state index in [2.05, 4.69) is 0 Å². The van der Waals surface area contributed by atoms with Crippen molar-refractivity contribution in [3.05, 3.63) is 34.9 Å². The van der Waals surface area contributed by atoms with Gasteiger partial charge in [-0.25, -0.2) is 0 Å². The molecule has 0 amide bonds. The minimum atomic E-state index is -0.682. The molecule has 0 bridgehead atoms. The van der Waals surface area contributed by atoms with Crippen molar-refractivity contribution in [3.63, 3.8) is 0 Å². The maximum Gasteiger partial charge on any atom is 0.182 e. The van der Waals surface area contributed by atoms with E-state index in [9.17, 15) is 4.79 Å². The number of hydrogen-bond donors (Lipinski definition) is 1. The molecule has 2 nitrogen and oxygen atoms in total. The van der Waals surface area contributed by atoms with Crippen molar-refractivity contribution >= 4 is 5.78 Å². The zero-order valence-electron chi connectivity index (χ0n) is 10.2. The third-order valence-electron chi connectivity index (χ3n) is 3.55. The van der Waals surface area contributed by atoms with Crippen LogP contribution in [0.5, 0.6) is 0 Å². The Morgan fingerprint density at radius 3 is 2.56 bits per heavy atom. The Labute approximate surface area is 96.8 Å². The van der Waals surface area contributed by atoms with Crippen LogP contribution in [0.25, 0.3) is 0 Å². The second kappa shape index (κ2) is 3.70. The first kappa shape index (κ1) is 11.3. The molecule has 0 aromatic heterocycles. The average Bonchev–Trinajstić information content (AvgIpc) is 3.04. The van der Waals surface area contributed by atoms with Gasteiger partial charge in [-0.2, -0.15) is 0 Å². The molecule has 1 aromatic carbocycles. The predicted octanol–water partition coefficient (Wildman–Crippen LogP) is 2.61. The molecule has 16 heavy (non-hydrogen) atoms. The van der Waals surface area contributed by atoms with Crippen LogP contribution in [0, 0.1) is 19.8 Å². The van der Waals surface area contributed by atoms with Crippen molar-refractivity contribution in [3.8, 4) is 0 Å². The maximum absolute atomic E-state index is 12.4. The lowest BCUT2D eigenvalue weighted by Crippen LogP contribution is -2.47. The summed E-state index contributed by atoms with van der Waals surface area (Å²) in [5, 5.41) is 0. The van der Waals surface area contributed by atoms with Crippen LogP contribution in [-0.2, 0) is 0 Å². The quantitative estimate of drug-likeness (QED) is 0.791. The number of Topliss-reactive ketones (excluding diaryl/α,β-unsaturated/α-hetero) is 1. The minimum Gasteiger partial charge on any atom is -0.319 e. The van der Waals surface area contributed by atoms with Crippen LogP contribution in [0.2, 0.25) is 0 Å². The fraction of sp³-hybridized carbons (Fsp3) is 0.500. The van der Waals surface area contributed by atoms with E-state index < -0.39 is 5.54 Å². The summed E-state index contributed by atoms with van der Waals surface area (Å²) in [6, 6.07) is 5.97. The van der Waals surface area contributed by atoms with Gasteiger partial charge in [0.2, 0.25) is 0 Å². The first-order chi connectivity index (χ1) is 7.43. The summed E-state index contributed by atoms with van der Waals surface area (Å²) >= 11 is 0. The largest absolute Gasteiger partial charge is 0.319 e. The Morgan fingerprint density at radius 1 is 1.38 bits per heavy atom. The lowest BCUT2D eigenvalue weighted by atomic mass is 9.85. The van der Waals surface area contributed by atoms with Gasteiger partial charge in [-0.05, 0) is 51.2 Å². The highest BCUT2D eigenvalue weighted by molar-refractivity contribution is 6.04. The van der Waals surface area contributed by atoms with E-state index in [0.717, 1.165) is 29.5 Å². The van der Waals surface area contributed by atoms with Crippen molar-refractivity contribution in [1.29, 1.82) is 0 Å². The highest BCUT2D eigenvalue weighted by atomic mass is 16.1. The molecule has 1 aliphatic carbocycles. The first-order valence-corrected chi connectivity index (χ1v) is 5.84. The normalized spacial score (nSPS) is 19.2. The summed E-state index contributed by atoms with van der Waals surface area (Å²) < 4.78 is 0. The van der Waals surface area contributed by atoms with Gasteiger partial charge in [0.25, 0.3) is 0 Å². The van der Waals surface area contributed by atoms with Crippen LogP contribution in [0.4, 0.5) is 0 Å². The second-order valence-corrected chi connectivity index (χ2v) is 5.20. The number of benzene rings is 1. The Hall–Kier alpha value is -1.15. The van der Waals surface area contributed by atoms with E-state index >= 15 is 0 Å². The fourth-order valence-electron chi connectivity index (χ4n) is 2.14. The number of nitrogens with two attached hydrogens (primary N) is 1. The Balaban J connectivity index is 2.36. The van der Waals surface area contributed by atoms with Crippen molar-refractivity contribution in [2.24, 2.45) is 11.7 Å². The molecule has 0 radical (unpaired) electrons. The zero-order valence-corrected chi connectivity index (χ0v) is 10.2. The summed E-state index contributed by atoms with van der Waals surface area (Å²) in [5.41, 5.74) is 8.41. The monoisotopic (exact) mass is 217 g/mol. The molecule has 2 rings (SSSR count). The summed E-state index contributed by atoms with van der Waals surface area (Å²) in [5.74, 6) is 0.469. The molecule has 1 atom stereocenters. The minimum absolute atomic E-state index is 0.0937. The Morgan fingerprint density at radius 2 is 2.00 bits per heavy atom. The van der Waals surface area contributed by atoms with Gasteiger partial charge in [-0.15, -0.1) is 0 Å². The molecule has 2 N–H and O–H groups in total. The highest BCUT2D eigenvalue weighted by Crippen LogP contribution is 2.40. The predicted molar refractivity (Wildman–Crippen MR) is 65.6 cm³/mol. The SMILES string of the molecule is Cc1ccc(C)c(C(=O)C(C)(N)C2CC2)c1. The van der Waals surface area contributed by atoms with Crippen molar-refractivity contribution in [2.45, 2.75) is 39.2 Å². The van der Waals surface area contributed by atoms with E-state index in [4.69, 9.17) is 5.73 Å². The van der Waals surface area contributed by atoms with Crippen molar-refractivity contribution < 1.29 is 4.79 Å². The molecule has 1 unspecified atom stereocenters. The molecular weight excluding hydrogens is 198 g/mol. The van der Waals surface area contributed by atoms with Crippen LogP contribution < -0.4 is 5.73 Å². The Bertz CT molecular complexity index is 430. The standard InChI is InChI=1S/C14H19NO/c1-9-4-5-10(2)12(8-9)13(16)14(3,15)11-6-7-11/h4-5,8,11H,6-7,15H2,1-3H3. The molecular formula is C14H19NO. The fourth-order valence-corrected chi connectivity index (χ4v) is 2.14. The average molecular weight is 217 g/mol. The second-order valence-electron chi connectivity index (χ2n) is 5.20. The maximum atomic E-state index is 12.4. The molecule has 2 heteroatoms. The van der Waals surface area contributed by atoms with E-state index in [-0.39, 0.29) is 5.78 Å². The summed E-state index contributed by atoms with van der Waals surface area (Å²) in [6.07, 6.45) is 2.17. The summed E-state index contributed by atoms with van der Waals surface area (Å²) in [6.45, 7) is 5.84. The highest BCUT2D eigenvalue weighted by Gasteiger charge is 2.44. The number of rotatable bonds is 3. The smallest absolute Gasteiger partial charge is 0.182 e. The molecule has 0 aliphatic heterocycles. The number of carbonyl (C=O) groups is 1. The van der Waals surface area contributed by atoms with Crippen LogP contribution in [-0.4, -0.2) is 11.3 Å². The molecule has 1 aromatic rings. The molecule has 1 fully saturated rings. The third kappa shape index (κ3) is 1.90. The first-order valence-electron chi connectivity index (χ1n) is 5.84. The van der Waals surface area contributed by atoms with Crippen LogP contribution in [0.15, 0.2) is 18.2 Å². The van der Waals surface area contributed by atoms with Crippen molar-refractivity contribution in [1.82, 2.24) is 0 Å². The van der Waals surface area contributed by atoms with E-state index in [1.165, 1.54) is 0 Å². The van der Waals surface area contributed by atoms with Crippen LogP contribution >= 0.6 is 0 Å². The topological polar surface area (TPSA) is 43.1 Å². The van der Waals surface area contributed by atoms with Gasteiger partial charge < -0.3 is 5.73 Å².